The number of halogens is 3. The summed E-state index contributed by atoms with van der Waals surface area (Å²) in [7, 11) is 0. The average Bonchev–Trinajstić information content (AvgIpc) is 2.62. The molecule has 2 amide bonds. The summed E-state index contributed by atoms with van der Waals surface area (Å²) in [6.07, 6.45) is -4.42. The van der Waals surface area contributed by atoms with E-state index in [1.165, 1.54) is 12.1 Å². The number of urea groups is 1. The molecule has 3 aromatic rings. The van der Waals surface area contributed by atoms with Gasteiger partial charge in [-0.15, -0.1) is 0 Å². The van der Waals surface area contributed by atoms with Crippen molar-refractivity contribution in [3.8, 4) is 11.5 Å². The van der Waals surface area contributed by atoms with E-state index in [0.29, 0.717) is 17.2 Å². The van der Waals surface area contributed by atoms with Crippen LogP contribution in [0.1, 0.15) is 5.56 Å². The molecule has 3 rings (SSSR count). The first-order valence-electron chi connectivity index (χ1n) is 7.98. The molecule has 0 spiro atoms. The van der Waals surface area contributed by atoms with E-state index in [2.05, 4.69) is 10.6 Å². The molecule has 0 saturated carbocycles. The number of hydrogen-bond donors (Lipinski definition) is 2. The predicted octanol–water partition coefficient (Wildman–Crippen LogP) is 6.14. The quantitative estimate of drug-likeness (QED) is 0.578. The minimum atomic E-state index is -4.42. The molecule has 0 unspecified atom stereocenters. The number of hydrogen-bond acceptors (Lipinski definition) is 2. The smallest absolute Gasteiger partial charge is 0.416 e. The Kier molecular flexibility index (Phi) is 5.30. The van der Waals surface area contributed by atoms with Crippen LogP contribution >= 0.6 is 0 Å². The van der Waals surface area contributed by atoms with Gasteiger partial charge in [0.25, 0.3) is 0 Å². The normalized spacial score (nSPS) is 10.9. The molecule has 0 radical (unpaired) electrons. The van der Waals surface area contributed by atoms with Gasteiger partial charge in [0.1, 0.15) is 11.5 Å². The fourth-order valence-corrected chi connectivity index (χ4v) is 2.30. The summed E-state index contributed by atoms with van der Waals surface area (Å²) in [5.74, 6) is 1.19. The van der Waals surface area contributed by atoms with E-state index in [-0.39, 0.29) is 5.69 Å². The lowest BCUT2D eigenvalue weighted by Gasteiger charge is -2.11. The van der Waals surface area contributed by atoms with Gasteiger partial charge in [-0.1, -0.05) is 24.3 Å². The fraction of sp³-hybridized carbons (Fsp3) is 0.0500. The molecule has 4 nitrogen and oxygen atoms in total. The van der Waals surface area contributed by atoms with Gasteiger partial charge in [-0.25, -0.2) is 4.79 Å². The summed E-state index contributed by atoms with van der Waals surface area (Å²) >= 11 is 0. The number of rotatable bonds is 4. The number of para-hydroxylation sites is 1. The Morgan fingerprint density at radius 2 is 1.37 bits per heavy atom. The molecule has 2 N–H and O–H groups in total. The van der Waals surface area contributed by atoms with Crippen LogP contribution in [0.4, 0.5) is 29.3 Å². The number of anilines is 2. The zero-order valence-corrected chi connectivity index (χ0v) is 14.0. The van der Waals surface area contributed by atoms with Crippen LogP contribution in [0.3, 0.4) is 0 Å². The summed E-state index contributed by atoms with van der Waals surface area (Å²) < 4.78 is 43.3. The Morgan fingerprint density at radius 1 is 0.741 bits per heavy atom. The van der Waals surface area contributed by atoms with Gasteiger partial charge in [-0.05, 0) is 48.5 Å². The highest BCUT2D eigenvalue weighted by Gasteiger charge is 2.29. The van der Waals surface area contributed by atoms with E-state index in [1.54, 1.807) is 36.4 Å². The molecular formula is C20H15F3N2O2. The third-order valence-corrected chi connectivity index (χ3v) is 3.54. The van der Waals surface area contributed by atoms with E-state index < -0.39 is 17.8 Å². The molecule has 0 aliphatic rings. The van der Waals surface area contributed by atoms with Crippen LogP contribution in [0.5, 0.6) is 11.5 Å². The first-order chi connectivity index (χ1) is 12.9. The number of amides is 2. The lowest BCUT2D eigenvalue weighted by molar-refractivity contribution is -0.137. The lowest BCUT2D eigenvalue weighted by atomic mass is 10.2. The predicted molar refractivity (Wildman–Crippen MR) is 97.0 cm³/mol. The lowest BCUT2D eigenvalue weighted by Crippen LogP contribution is -2.19. The molecule has 3 aromatic carbocycles. The van der Waals surface area contributed by atoms with Crippen LogP contribution in [0.15, 0.2) is 78.9 Å². The Morgan fingerprint density at radius 3 is 2.04 bits per heavy atom. The second kappa shape index (κ2) is 7.82. The van der Waals surface area contributed by atoms with Gasteiger partial charge >= 0.3 is 12.2 Å². The first-order valence-corrected chi connectivity index (χ1v) is 7.98. The van der Waals surface area contributed by atoms with Crippen molar-refractivity contribution in [2.24, 2.45) is 0 Å². The standard InChI is InChI=1S/C20H15F3N2O2/c21-20(22,23)14-9-11-15(12-10-14)24-19(26)25-16-5-4-8-18(13-16)27-17-6-2-1-3-7-17/h1-13H,(H2,24,25,26). The number of carbonyl (C=O) groups excluding carboxylic acids is 1. The van der Waals surface area contributed by atoms with E-state index >= 15 is 0 Å². The van der Waals surface area contributed by atoms with E-state index in [9.17, 15) is 18.0 Å². The maximum atomic E-state index is 12.6. The zero-order chi connectivity index (χ0) is 19.3. The summed E-state index contributed by atoms with van der Waals surface area (Å²) in [5.41, 5.74) is -0.0516. The Hall–Kier alpha value is -3.48. The molecular weight excluding hydrogens is 357 g/mol. The topological polar surface area (TPSA) is 50.4 Å². The Labute approximate surface area is 153 Å². The van der Waals surface area contributed by atoms with E-state index in [0.717, 1.165) is 12.1 Å². The van der Waals surface area contributed by atoms with Crippen molar-refractivity contribution >= 4 is 17.4 Å². The van der Waals surface area contributed by atoms with Gasteiger partial charge in [0.15, 0.2) is 0 Å². The maximum Gasteiger partial charge on any atom is 0.416 e. The number of carbonyl (C=O) groups is 1. The maximum absolute atomic E-state index is 12.6. The number of ether oxygens (including phenoxy) is 1. The SMILES string of the molecule is O=C(Nc1ccc(C(F)(F)F)cc1)Nc1cccc(Oc2ccccc2)c1. The van der Waals surface area contributed by atoms with Gasteiger partial charge in [0, 0.05) is 17.4 Å². The summed E-state index contributed by atoms with van der Waals surface area (Å²) in [5, 5.41) is 5.09. The minimum Gasteiger partial charge on any atom is -0.457 e. The third-order valence-electron chi connectivity index (χ3n) is 3.54. The highest BCUT2D eigenvalue weighted by atomic mass is 19.4. The molecule has 0 fully saturated rings. The van der Waals surface area contributed by atoms with Gasteiger partial charge < -0.3 is 15.4 Å². The van der Waals surface area contributed by atoms with Crippen molar-refractivity contribution in [1.29, 1.82) is 0 Å². The summed E-state index contributed by atoms with van der Waals surface area (Å²) in [6, 6.07) is 19.5. The van der Waals surface area contributed by atoms with Crippen LogP contribution < -0.4 is 15.4 Å². The van der Waals surface area contributed by atoms with E-state index in [1.807, 2.05) is 18.2 Å². The zero-order valence-electron chi connectivity index (χ0n) is 14.0. The van der Waals surface area contributed by atoms with Crippen molar-refractivity contribution < 1.29 is 22.7 Å². The second-order valence-electron chi connectivity index (χ2n) is 5.60. The molecule has 0 heterocycles. The second-order valence-corrected chi connectivity index (χ2v) is 5.60. The highest BCUT2D eigenvalue weighted by Crippen LogP contribution is 2.30. The molecule has 0 atom stereocenters. The largest absolute Gasteiger partial charge is 0.457 e. The van der Waals surface area contributed by atoms with Crippen LogP contribution in [-0.4, -0.2) is 6.03 Å². The van der Waals surface area contributed by atoms with Crippen molar-refractivity contribution in [2.45, 2.75) is 6.18 Å². The Bertz CT molecular complexity index is 911. The van der Waals surface area contributed by atoms with Gasteiger partial charge in [-0.3, -0.25) is 0 Å². The summed E-state index contributed by atoms with van der Waals surface area (Å²) in [4.78, 5) is 12.0. The van der Waals surface area contributed by atoms with Crippen molar-refractivity contribution in [2.75, 3.05) is 10.6 Å². The number of benzene rings is 3. The van der Waals surface area contributed by atoms with Crippen LogP contribution in [0, 0.1) is 0 Å². The van der Waals surface area contributed by atoms with Crippen molar-refractivity contribution in [3.63, 3.8) is 0 Å². The molecule has 138 valence electrons. The summed E-state index contributed by atoms with van der Waals surface area (Å²) in [6.45, 7) is 0. The van der Waals surface area contributed by atoms with E-state index in [4.69, 9.17) is 4.74 Å². The van der Waals surface area contributed by atoms with Crippen LogP contribution in [0.25, 0.3) is 0 Å². The number of nitrogens with one attached hydrogen (secondary N) is 2. The minimum absolute atomic E-state index is 0.247. The third kappa shape index (κ3) is 5.24. The highest BCUT2D eigenvalue weighted by molar-refractivity contribution is 5.99. The van der Waals surface area contributed by atoms with Crippen LogP contribution in [-0.2, 0) is 6.18 Å². The first kappa shape index (κ1) is 18.3. The molecule has 0 aliphatic carbocycles. The molecule has 27 heavy (non-hydrogen) atoms. The van der Waals surface area contributed by atoms with Gasteiger partial charge in [-0.2, -0.15) is 13.2 Å². The molecule has 7 heteroatoms. The monoisotopic (exact) mass is 372 g/mol. The van der Waals surface area contributed by atoms with Crippen LogP contribution in [0.2, 0.25) is 0 Å². The molecule has 0 saturated heterocycles. The van der Waals surface area contributed by atoms with Crippen molar-refractivity contribution in [1.82, 2.24) is 0 Å². The number of alkyl halides is 3. The van der Waals surface area contributed by atoms with Gasteiger partial charge in [0.2, 0.25) is 0 Å². The van der Waals surface area contributed by atoms with Gasteiger partial charge in [0.05, 0.1) is 5.56 Å². The van der Waals surface area contributed by atoms with Crippen molar-refractivity contribution in [3.05, 3.63) is 84.4 Å². The molecule has 0 aromatic heterocycles. The fourth-order valence-electron chi connectivity index (χ4n) is 2.30. The molecule has 0 aliphatic heterocycles. The average molecular weight is 372 g/mol. The molecule has 0 bridgehead atoms. The Balaban J connectivity index is 1.61.